The Kier molecular flexibility index (Phi) is 60.8. The molecule has 0 aliphatic heterocycles. The zero-order chi connectivity index (χ0) is 65.7. The number of carbonyl (C=O) groups is 4. The molecule has 0 aromatic heterocycles. The fourth-order valence-corrected chi connectivity index (χ4v) is 12.1. The van der Waals surface area contributed by atoms with E-state index in [1.54, 1.807) is 0 Å². The number of esters is 4. The molecule has 0 aliphatic carbocycles. The molecule has 0 bridgehead atoms. The van der Waals surface area contributed by atoms with Crippen LogP contribution in [0.15, 0.2) is 0 Å². The number of aliphatic hydroxyl groups excluding tert-OH is 1. The number of phosphoric acid groups is 2. The highest BCUT2D eigenvalue weighted by Gasteiger charge is 2.30. The summed E-state index contributed by atoms with van der Waals surface area (Å²) in [7, 11) is -9.90. The smallest absolute Gasteiger partial charge is 0.462 e. The van der Waals surface area contributed by atoms with Crippen LogP contribution in [-0.2, 0) is 65.4 Å². The van der Waals surface area contributed by atoms with E-state index < -0.39 is 97.5 Å². The van der Waals surface area contributed by atoms with Crippen LogP contribution in [0.3, 0.4) is 0 Å². The largest absolute Gasteiger partial charge is 0.472 e. The highest BCUT2D eigenvalue weighted by molar-refractivity contribution is 7.47. The van der Waals surface area contributed by atoms with Gasteiger partial charge in [-0.1, -0.05) is 305 Å². The van der Waals surface area contributed by atoms with Crippen molar-refractivity contribution in [2.75, 3.05) is 39.6 Å². The molecule has 528 valence electrons. The van der Waals surface area contributed by atoms with Gasteiger partial charge in [-0.15, -0.1) is 0 Å². The molecule has 0 saturated heterocycles. The molecule has 0 aliphatic rings. The lowest BCUT2D eigenvalue weighted by molar-refractivity contribution is -0.161. The van der Waals surface area contributed by atoms with E-state index in [-0.39, 0.29) is 25.7 Å². The predicted molar refractivity (Wildman–Crippen MR) is 358 cm³/mol. The first-order valence-corrected chi connectivity index (χ1v) is 39.5. The summed E-state index contributed by atoms with van der Waals surface area (Å²) in [6, 6.07) is 0. The van der Waals surface area contributed by atoms with Crippen LogP contribution in [0, 0.1) is 11.8 Å². The van der Waals surface area contributed by atoms with Crippen molar-refractivity contribution in [1.82, 2.24) is 0 Å². The Labute approximate surface area is 543 Å². The van der Waals surface area contributed by atoms with Gasteiger partial charge >= 0.3 is 39.5 Å². The van der Waals surface area contributed by atoms with Gasteiger partial charge in [0.05, 0.1) is 26.4 Å². The summed E-state index contributed by atoms with van der Waals surface area (Å²) < 4.78 is 68.3. The Morgan fingerprint density at radius 2 is 0.573 bits per heavy atom. The molecule has 0 rings (SSSR count). The van der Waals surface area contributed by atoms with E-state index in [2.05, 4.69) is 41.5 Å². The second-order valence-corrected chi connectivity index (χ2v) is 28.9. The van der Waals surface area contributed by atoms with Crippen molar-refractivity contribution >= 4 is 39.5 Å². The van der Waals surface area contributed by atoms with E-state index in [0.717, 1.165) is 102 Å². The normalized spacial score (nSPS) is 14.4. The molecule has 3 N–H and O–H groups in total. The number of rotatable bonds is 69. The summed E-state index contributed by atoms with van der Waals surface area (Å²) in [6.07, 6.45) is 47.1. The fourth-order valence-electron chi connectivity index (χ4n) is 10.6. The molecule has 0 spiro atoms. The van der Waals surface area contributed by atoms with Crippen LogP contribution in [0.4, 0.5) is 0 Å². The summed E-state index contributed by atoms with van der Waals surface area (Å²) >= 11 is 0. The Morgan fingerprint density at radius 1 is 0.326 bits per heavy atom. The number of aliphatic hydroxyl groups is 1. The van der Waals surface area contributed by atoms with Crippen LogP contribution < -0.4 is 0 Å². The van der Waals surface area contributed by atoms with Crippen LogP contribution in [0.2, 0.25) is 0 Å². The molecule has 0 radical (unpaired) electrons. The van der Waals surface area contributed by atoms with Crippen molar-refractivity contribution in [1.29, 1.82) is 0 Å². The van der Waals surface area contributed by atoms with E-state index in [9.17, 15) is 43.2 Å². The number of hydrogen-bond donors (Lipinski definition) is 3. The number of hydrogen-bond acceptors (Lipinski definition) is 15. The second-order valence-electron chi connectivity index (χ2n) is 26.0. The maximum Gasteiger partial charge on any atom is 0.472 e. The third-order valence-electron chi connectivity index (χ3n) is 16.6. The third-order valence-corrected chi connectivity index (χ3v) is 18.5. The van der Waals surface area contributed by atoms with Gasteiger partial charge < -0.3 is 33.8 Å². The molecule has 0 heterocycles. The lowest BCUT2D eigenvalue weighted by Gasteiger charge is -2.21. The molecular formula is C70H136O17P2. The molecule has 0 saturated carbocycles. The summed E-state index contributed by atoms with van der Waals surface area (Å²) in [5.74, 6) is -0.641. The highest BCUT2D eigenvalue weighted by Crippen LogP contribution is 2.45. The van der Waals surface area contributed by atoms with Crippen molar-refractivity contribution in [2.24, 2.45) is 11.8 Å². The average Bonchev–Trinajstić information content (AvgIpc) is 3.72. The lowest BCUT2D eigenvalue weighted by Crippen LogP contribution is -2.30. The zero-order valence-electron chi connectivity index (χ0n) is 57.7. The Hall–Kier alpha value is -1.94. The van der Waals surface area contributed by atoms with Gasteiger partial charge in [-0.2, -0.15) is 0 Å². The number of ether oxygens (including phenoxy) is 4. The van der Waals surface area contributed by atoms with Crippen molar-refractivity contribution in [3.05, 3.63) is 0 Å². The van der Waals surface area contributed by atoms with E-state index in [1.807, 2.05) is 0 Å². The topological polar surface area (TPSA) is 237 Å². The number of phosphoric ester groups is 2. The molecule has 17 nitrogen and oxygen atoms in total. The van der Waals surface area contributed by atoms with Gasteiger partial charge in [0.1, 0.15) is 19.3 Å². The summed E-state index contributed by atoms with van der Waals surface area (Å²) in [6.45, 7) is 9.50. The number of carbonyl (C=O) groups excluding carboxylic acids is 4. The van der Waals surface area contributed by atoms with Crippen molar-refractivity contribution in [3.8, 4) is 0 Å². The quantitative estimate of drug-likeness (QED) is 0.0222. The van der Waals surface area contributed by atoms with E-state index in [0.29, 0.717) is 31.6 Å². The van der Waals surface area contributed by atoms with Crippen LogP contribution in [0.1, 0.15) is 356 Å². The van der Waals surface area contributed by atoms with Gasteiger partial charge in [0.15, 0.2) is 12.2 Å². The van der Waals surface area contributed by atoms with Gasteiger partial charge in [-0.05, 0) is 37.5 Å². The summed E-state index contributed by atoms with van der Waals surface area (Å²) in [5.41, 5.74) is 0. The Morgan fingerprint density at radius 3 is 0.854 bits per heavy atom. The first kappa shape index (κ1) is 87.1. The molecule has 89 heavy (non-hydrogen) atoms. The first-order chi connectivity index (χ1) is 42.9. The molecule has 0 aromatic carbocycles. The van der Waals surface area contributed by atoms with Gasteiger partial charge in [0, 0.05) is 25.7 Å². The predicted octanol–water partition coefficient (Wildman–Crippen LogP) is 20.0. The van der Waals surface area contributed by atoms with Gasteiger partial charge in [-0.3, -0.25) is 37.3 Å². The van der Waals surface area contributed by atoms with Crippen LogP contribution in [0.5, 0.6) is 0 Å². The maximum absolute atomic E-state index is 13.0. The first-order valence-electron chi connectivity index (χ1n) is 36.5. The van der Waals surface area contributed by atoms with Crippen molar-refractivity contribution in [2.45, 2.75) is 374 Å². The average molecular weight is 1310 g/mol. The molecule has 0 fully saturated rings. The van der Waals surface area contributed by atoms with E-state index >= 15 is 0 Å². The molecule has 0 amide bonds. The minimum absolute atomic E-state index is 0.106. The Bertz CT molecular complexity index is 1740. The zero-order valence-corrected chi connectivity index (χ0v) is 59.5. The monoisotopic (exact) mass is 1310 g/mol. The van der Waals surface area contributed by atoms with Crippen molar-refractivity contribution in [3.63, 3.8) is 0 Å². The second kappa shape index (κ2) is 62.2. The maximum atomic E-state index is 13.0. The molecular weight excluding hydrogens is 1170 g/mol. The summed E-state index contributed by atoms with van der Waals surface area (Å²) in [4.78, 5) is 72.5. The third kappa shape index (κ3) is 63.2. The van der Waals surface area contributed by atoms with Gasteiger partial charge in [0.2, 0.25) is 0 Å². The molecule has 3 unspecified atom stereocenters. The Balaban J connectivity index is 5.25. The van der Waals surface area contributed by atoms with Gasteiger partial charge in [-0.25, -0.2) is 9.13 Å². The van der Waals surface area contributed by atoms with Crippen molar-refractivity contribution < 1.29 is 80.2 Å². The fraction of sp³-hybridized carbons (Fsp3) is 0.943. The summed E-state index contributed by atoms with van der Waals surface area (Å²) in [5, 5.41) is 10.6. The standard InChI is InChI=1S/C70H136O17P2/c1-7-10-12-14-16-18-20-22-24-29-33-40-46-52-67(72)80-58-65(86-70(75)55-49-43-35-31-27-26-28-32-39-45-51-63(6)9-3)60-84-88(76,77)82-56-64(71)57-83-89(78,79)85-61-66(59-81-68(73)53-47-41-37-36-38-44-50-62(4)5)87-69(74)54-48-42-34-30-25-23-21-19-17-15-13-11-8-2/h62-66,71H,7-61H2,1-6H3,(H,76,77)(H,78,79)/t63?,64-,65-,66-/m1/s1. The SMILES string of the molecule is CCCCCCCCCCCCCCCC(=O)OC[C@H](COP(=O)(O)OC[C@@H](O)COP(=O)(O)OC[C@@H](COC(=O)CCCCCCCCC(C)C)OC(=O)CCCCCCCCCCCCCCC)OC(=O)CCCCCCCCCCCCC(C)CC. The van der Waals surface area contributed by atoms with E-state index in [1.165, 1.54) is 167 Å². The van der Waals surface area contributed by atoms with Crippen LogP contribution >= 0.6 is 15.6 Å². The molecule has 6 atom stereocenters. The molecule has 19 heteroatoms. The number of unbranched alkanes of at least 4 members (excludes halogenated alkanes) is 38. The minimum Gasteiger partial charge on any atom is -0.462 e. The van der Waals surface area contributed by atoms with Crippen LogP contribution in [0.25, 0.3) is 0 Å². The lowest BCUT2D eigenvalue weighted by atomic mass is 9.99. The minimum atomic E-state index is -4.95. The van der Waals surface area contributed by atoms with Crippen LogP contribution in [-0.4, -0.2) is 96.7 Å². The van der Waals surface area contributed by atoms with Gasteiger partial charge in [0.25, 0.3) is 0 Å². The highest BCUT2D eigenvalue weighted by atomic mass is 31.2. The van der Waals surface area contributed by atoms with E-state index in [4.69, 9.17) is 37.0 Å². The molecule has 0 aromatic rings.